The summed E-state index contributed by atoms with van der Waals surface area (Å²) in [5, 5.41) is 4.42. The van der Waals surface area contributed by atoms with Crippen LogP contribution in [0.3, 0.4) is 0 Å². The lowest BCUT2D eigenvalue weighted by atomic mass is 10.2. The smallest absolute Gasteiger partial charge is 0.280 e. The van der Waals surface area contributed by atoms with Gasteiger partial charge in [-0.3, -0.25) is 4.79 Å². The van der Waals surface area contributed by atoms with Gasteiger partial charge in [0.25, 0.3) is 5.91 Å². The molecule has 1 N–H and O–H groups in total. The molecule has 0 fully saturated rings. The Balaban J connectivity index is 1.90. The number of hydrazone groups is 1. The standard InChI is InChI=1S/C15H15ClN2O3/c1-10-8-12(16)5-6-14(10)21-11(2)15(19)18-17-9-13-4-3-7-20-13/h3-9,11H,1-2H3,(H,18,19)/b17-9-/t11-/m0/s1. The molecule has 1 aromatic carbocycles. The van der Waals surface area contributed by atoms with Gasteiger partial charge >= 0.3 is 0 Å². The number of carbonyl (C=O) groups excluding carboxylic acids is 1. The topological polar surface area (TPSA) is 63.8 Å². The molecule has 6 heteroatoms. The van der Waals surface area contributed by atoms with Crippen molar-refractivity contribution in [3.05, 3.63) is 52.9 Å². The highest BCUT2D eigenvalue weighted by Crippen LogP contribution is 2.22. The minimum atomic E-state index is -0.682. The van der Waals surface area contributed by atoms with E-state index in [4.69, 9.17) is 20.8 Å². The fraction of sp³-hybridized carbons (Fsp3) is 0.200. The number of hydrogen-bond donors (Lipinski definition) is 1. The van der Waals surface area contributed by atoms with E-state index in [1.807, 2.05) is 6.92 Å². The van der Waals surface area contributed by atoms with E-state index in [9.17, 15) is 4.79 Å². The fourth-order valence-electron chi connectivity index (χ4n) is 1.60. The second-order valence-corrected chi connectivity index (χ2v) is 4.86. The summed E-state index contributed by atoms with van der Waals surface area (Å²) in [5.41, 5.74) is 3.25. The number of furan rings is 1. The highest BCUT2D eigenvalue weighted by atomic mass is 35.5. The Hall–Kier alpha value is -2.27. The summed E-state index contributed by atoms with van der Waals surface area (Å²) in [4.78, 5) is 11.8. The molecule has 5 nitrogen and oxygen atoms in total. The SMILES string of the molecule is Cc1cc(Cl)ccc1O[C@@H](C)C(=O)N/N=C\c1ccco1. The molecule has 0 spiro atoms. The van der Waals surface area contributed by atoms with Crippen LogP contribution in [-0.2, 0) is 4.79 Å². The highest BCUT2D eigenvalue weighted by Gasteiger charge is 2.15. The monoisotopic (exact) mass is 306 g/mol. The zero-order chi connectivity index (χ0) is 15.2. The second kappa shape index (κ2) is 6.95. The van der Waals surface area contributed by atoms with Crippen molar-refractivity contribution in [3.63, 3.8) is 0 Å². The highest BCUT2D eigenvalue weighted by molar-refractivity contribution is 6.30. The Bertz CT molecular complexity index is 638. The number of rotatable bonds is 5. The van der Waals surface area contributed by atoms with Crippen LogP contribution in [0.1, 0.15) is 18.2 Å². The number of benzene rings is 1. The molecule has 0 aliphatic carbocycles. The van der Waals surface area contributed by atoms with Gasteiger partial charge < -0.3 is 9.15 Å². The van der Waals surface area contributed by atoms with Crippen LogP contribution in [-0.4, -0.2) is 18.2 Å². The zero-order valence-electron chi connectivity index (χ0n) is 11.7. The molecule has 1 heterocycles. The summed E-state index contributed by atoms with van der Waals surface area (Å²) < 4.78 is 10.6. The number of ether oxygens (including phenoxy) is 1. The average Bonchev–Trinajstić information content (AvgIpc) is 2.95. The maximum Gasteiger partial charge on any atom is 0.280 e. The van der Waals surface area contributed by atoms with Crippen LogP contribution in [0.2, 0.25) is 5.02 Å². The molecule has 2 aromatic rings. The normalized spacial score (nSPS) is 12.3. The van der Waals surface area contributed by atoms with Crippen LogP contribution >= 0.6 is 11.6 Å². The minimum Gasteiger partial charge on any atom is -0.481 e. The van der Waals surface area contributed by atoms with Crippen molar-refractivity contribution in [2.24, 2.45) is 5.10 Å². The fourth-order valence-corrected chi connectivity index (χ4v) is 1.83. The van der Waals surface area contributed by atoms with Gasteiger partial charge in [0.1, 0.15) is 11.5 Å². The number of aryl methyl sites for hydroxylation is 1. The molecule has 2 rings (SSSR count). The molecule has 0 aliphatic heterocycles. The van der Waals surface area contributed by atoms with Gasteiger partial charge in [0.05, 0.1) is 12.5 Å². The second-order valence-electron chi connectivity index (χ2n) is 4.42. The summed E-state index contributed by atoms with van der Waals surface area (Å²) in [6.45, 7) is 3.51. The van der Waals surface area contributed by atoms with Crippen LogP contribution in [0.4, 0.5) is 0 Å². The number of amides is 1. The lowest BCUT2D eigenvalue weighted by Gasteiger charge is -2.14. The lowest BCUT2D eigenvalue weighted by molar-refractivity contribution is -0.127. The van der Waals surface area contributed by atoms with Crippen LogP contribution in [0, 0.1) is 6.92 Å². The van der Waals surface area contributed by atoms with E-state index in [1.54, 1.807) is 37.3 Å². The molecule has 0 saturated heterocycles. The zero-order valence-corrected chi connectivity index (χ0v) is 12.4. The van der Waals surface area contributed by atoms with E-state index < -0.39 is 6.10 Å². The summed E-state index contributed by atoms with van der Waals surface area (Å²) in [6.07, 6.45) is 2.26. The van der Waals surface area contributed by atoms with Crippen molar-refractivity contribution in [2.75, 3.05) is 0 Å². The van der Waals surface area contributed by atoms with Gasteiger partial charge in [0.15, 0.2) is 6.10 Å². The molecule has 0 aliphatic rings. The molecule has 0 unspecified atom stereocenters. The first-order chi connectivity index (χ1) is 10.1. The molecule has 110 valence electrons. The lowest BCUT2D eigenvalue weighted by Crippen LogP contribution is -2.33. The Morgan fingerprint density at radius 3 is 2.95 bits per heavy atom. The number of hydrogen-bond acceptors (Lipinski definition) is 4. The van der Waals surface area contributed by atoms with Gasteiger partial charge in [-0.05, 0) is 49.7 Å². The largest absolute Gasteiger partial charge is 0.481 e. The van der Waals surface area contributed by atoms with E-state index in [1.165, 1.54) is 12.5 Å². The van der Waals surface area contributed by atoms with Crippen LogP contribution < -0.4 is 10.2 Å². The number of carbonyl (C=O) groups is 1. The number of halogens is 1. The summed E-state index contributed by atoms with van der Waals surface area (Å²) in [7, 11) is 0. The Kier molecular flexibility index (Phi) is 5.00. The van der Waals surface area contributed by atoms with E-state index >= 15 is 0 Å². The first-order valence-corrected chi connectivity index (χ1v) is 6.73. The van der Waals surface area contributed by atoms with Gasteiger partial charge in [-0.25, -0.2) is 5.43 Å². The van der Waals surface area contributed by atoms with Gasteiger partial charge in [-0.2, -0.15) is 5.10 Å². The third-order valence-electron chi connectivity index (χ3n) is 2.72. The molecule has 21 heavy (non-hydrogen) atoms. The maximum atomic E-state index is 11.8. The summed E-state index contributed by atoms with van der Waals surface area (Å²) in [5.74, 6) is 0.807. The van der Waals surface area contributed by atoms with Gasteiger partial charge in [0.2, 0.25) is 0 Å². The predicted octanol–water partition coefficient (Wildman–Crippen LogP) is 3.16. The number of nitrogens with one attached hydrogen (secondary N) is 1. The molecule has 1 atom stereocenters. The van der Waals surface area contributed by atoms with Gasteiger partial charge in [-0.1, -0.05) is 11.6 Å². The van der Waals surface area contributed by atoms with Gasteiger partial charge in [0, 0.05) is 5.02 Å². The van der Waals surface area contributed by atoms with Crippen molar-refractivity contribution in [3.8, 4) is 5.75 Å². The number of nitrogens with zero attached hydrogens (tertiary/aromatic N) is 1. The molecular weight excluding hydrogens is 292 g/mol. The average molecular weight is 307 g/mol. The first kappa shape index (κ1) is 15.1. The van der Waals surface area contributed by atoms with Crippen molar-refractivity contribution in [2.45, 2.75) is 20.0 Å². The summed E-state index contributed by atoms with van der Waals surface area (Å²) >= 11 is 5.87. The van der Waals surface area contributed by atoms with Crippen molar-refractivity contribution in [1.82, 2.24) is 5.43 Å². The van der Waals surface area contributed by atoms with Crippen LogP contribution in [0.15, 0.2) is 46.1 Å². The Labute approximate surface area is 127 Å². The maximum absolute atomic E-state index is 11.8. The van der Waals surface area contributed by atoms with E-state index in [2.05, 4.69) is 10.5 Å². The first-order valence-electron chi connectivity index (χ1n) is 6.35. The van der Waals surface area contributed by atoms with E-state index in [0.717, 1.165) is 5.56 Å². The molecular formula is C15H15ClN2O3. The van der Waals surface area contributed by atoms with Crippen molar-refractivity contribution < 1.29 is 13.9 Å². The molecule has 0 bridgehead atoms. The Morgan fingerprint density at radius 2 is 2.29 bits per heavy atom. The quantitative estimate of drug-likeness (QED) is 0.681. The molecule has 1 aromatic heterocycles. The molecule has 0 saturated carbocycles. The summed E-state index contributed by atoms with van der Waals surface area (Å²) in [6, 6.07) is 8.68. The van der Waals surface area contributed by atoms with Crippen molar-refractivity contribution in [1.29, 1.82) is 0 Å². The molecule has 1 amide bonds. The van der Waals surface area contributed by atoms with Crippen molar-refractivity contribution >= 4 is 23.7 Å². The van der Waals surface area contributed by atoms with E-state index in [-0.39, 0.29) is 5.91 Å². The van der Waals surface area contributed by atoms with Gasteiger partial charge in [-0.15, -0.1) is 0 Å². The minimum absolute atomic E-state index is 0.354. The third-order valence-corrected chi connectivity index (χ3v) is 2.95. The Morgan fingerprint density at radius 1 is 1.48 bits per heavy atom. The van der Waals surface area contributed by atoms with Crippen LogP contribution in [0.25, 0.3) is 0 Å². The third kappa shape index (κ3) is 4.36. The predicted molar refractivity (Wildman–Crippen MR) is 80.7 cm³/mol. The van der Waals surface area contributed by atoms with Crippen LogP contribution in [0.5, 0.6) is 5.75 Å². The molecule has 0 radical (unpaired) electrons. The van der Waals surface area contributed by atoms with E-state index in [0.29, 0.717) is 16.5 Å².